The first-order valence-electron chi connectivity index (χ1n) is 5.54. The Labute approximate surface area is 87.3 Å². The van der Waals surface area contributed by atoms with Gasteiger partial charge in [0.2, 0.25) is 0 Å². The Morgan fingerprint density at radius 3 is 2.36 bits per heavy atom. The van der Waals surface area contributed by atoms with Crippen molar-refractivity contribution in [1.82, 2.24) is 9.78 Å². The maximum Gasteiger partial charge on any atom is 0.0527 e. The lowest BCUT2D eigenvalue weighted by atomic mass is 10.1. The molecule has 0 atom stereocenters. The molecule has 0 amide bonds. The Morgan fingerprint density at radius 1 is 1.29 bits per heavy atom. The molecule has 2 nitrogen and oxygen atoms in total. The number of hydrogen-bond acceptors (Lipinski definition) is 1. The van der Waals surface area contributed by atoms with Gasteiger partial charge in [0.25, 0.3) is 0 Å². The molecule has 0 aliphatic rings. The van der Waals surface area contributed by atoms with Crippen LogP contribution in [0.3, 0.4) is 0 Å². The van der Waals surface area contributed by atoms with Crippen molar-refractivity contribution in [2.75, 3.05) is 0 Å². The zero-order valence-corrected chi connectivity index (χ0v) is 10.0. The zero-order chi connectivity index (χ0) is 10.7. The van der Waals surface area contributed by atoms with Crippen LogP contribution >= 0.6 is 0 Å². The largest absolute Gasteiger partial charge is 0.270 e. The molecule has 0 aliphatic heterocycles. The first-order chi connectivity index (χ1) is 6.52. The second-order valence-corrected chi connectivity index (χ2v) is 4.75. The van der Waals surface area contributed by atoms with E-state index >= 15 is 0 Å². The molecular formula is C12H22N2. The Balaban J connectivity index is 2.70. The van der Waals surface area contributed by atoms with E-state index in [4.69, 9.17) is 0 Å². The number of nitrogens with zero attached hydrogens (tertiary/aromatic N) is 2. The Hall–Kier alpha value is -0.790. The minimum absolute atomic E-state index is 0.586. The van der Waals surface area contributed by atoms with Gasteiger partial charge < -0.3 is 0 Å². The molecule has 0 N–H and O–H groups in total. The highest BCUT2D eigenvalue weighted by Gasteiger charge is 2.09. The third-order valence-electron chi connectivity index (χ3n) is 2.68. The van der Waals surface area contributed by atoms with Crippen LogP contribution in [-0.4, -0.2) is 9.78 Å². The van der Waals surface area contributed by atoms with Gasteiger partial charge in [-0.05, 0) is 30.7 Å². The molecule has 0 saturated carbocycles. The second kappa shape index (κ2) is 4.63. The summed E-state index contributed by atoms with van der Waals surface area (Å²) in [4.78, 5) is 0. The predicted molar refractivity (Wildman–Crippen MR) is 60.5 cm³/mol. The standard InChI is InChI=1S/C12H22N2/c1-9(2)6-7-14-11(5)12(8-13-14)10(3)4/h8-10H,6-7H2,1-5H3. The van der Waals surface area contributed by atoms with E-state index in [1.807, 2.05) is 6.20 Å². The number of aromatic nitrogens is 2. The van der Waals surface area contributed by atoms with E-state index in [9.17, 15) is 0 Å². The lowest BCUT2D eigenvalue weighted by Crippen LogP contribution is -2.05. The normalized spacial score (nSPS) is 11.6. The fourth-order valence-corrected chi connectivity index (χ4v) is 1.63. The van der Waals surface area contributed by atoms with Crippen LogP contribution in [0.25, 0.3) is 0 Å². The fourth-order valence-electron chi connectivity index (χ4n) is 1.63. The first-order valence-corrected chi connectivity index (χ1v) is 5.54. The molecular weight excluding hydrogens is 172 g/mol. The predicted octanol–water partition coefficient (Wildman–Crippen LogP) is 3.36. The summed E-state index contributed by atoms with van der Waals surface area (Å²) in [6, 6.07) is 0. The van der Waals surface area contributed by atoms with Gasteiger partial charge in [-0.25, -0.2) is 0 Å². The van der Waals surface area contributed by atoms with Gasteiger partial charge in [0.05, 0.1) is 6.20 Å². The summed E-state index contributed by atoms with van der Waals surface area (Å²) >= 11 is 0. The Bertz CT molecular complexity index is 285. The third-order valence-corrected chi connectivity index (χ3v) is 2.68. The van der Waals surface area contributed by atoms with Crippen LogP contribution in [0.2, 0.25) is 0 Å². The van der Waals surface area contributed by atoms with Crippen molar-refractivity contribution in [3.8, 4) is 0 Å². The molecule has 0 unspecified atom stereocenters. The molecule has 1 heterocycles. The van der Waals surface area contributed by atoms with Gasteiger partial charge in [-0.3, -0.25) is 4.68 Å². The molecule has 0 spiro atoms. The van der Waals surface area contributed by atoms with E-state index < -0.39 is 0 Å². The SMILES string of the molecule is Cc1c(C(C)C)cnn1CCC(C)C. The van der Waals surface area contributed by atoms with Gasteiger partial charge >= 0.3 is 0 Å². The van der Waals surface area contributed by atoms with Gasteiger partial charge in [0, 0.05) is 12.2 Å². The molecule has 1 aromatic heterocycles. The van der Waals surface area contributed by atoms with Crippen LogP contribution in [-0.2, 0) is 6.54 Å². The molecule has 1 rings (SSSR count). The Morgan fingerprint density at radius 2 is 1.93 bits per heavy atom. The maximum atomic E-state index is 4.43. The van der Waals surface area contributed by atoms with Gasteiger partial charge in [-0.1, -0.05) is 27.7 Å². The smallest absolute Gasteiger partial charge is 0.0527 e. The number of rotatable bonds is 4. The fraction of sp³-hybridized carbons (Fsp3) is 0.750. The number of aryl methyl sites for hydroxylation is 1. The Kier molecular flexibility index (Phi) is 3.73. The topological polar surface area (TPSA) is 17.8 Å². The summed E-state index contributed by atoms with van der Waals surface area (Å²) in [5, 5.41) is 4.43. The van der Waals surface area contributed by atoms with Crippen molar-refractivity contribution in [3.63, 3.8) is 0 Å². The molecule has 0 radical (unpaired) electrons. The van der Waals surface area contributed by atoms with Crippen molar-refractivity contribution in [2.45, 2.75) is 53.5 Å². The lowest BCUT2D eigenvalue weighted by Gasteiger charge is -2.08. The average molecular weight is 194 g/mol. The van der Waals surface area contributed by atoms with Crippen LogP contribution in [0.1, 0.15) is 51.3 Å². The quantitative estimate of drug-likeness (QED) is 0.718. The summed E-state index contributed by atoms with van der Waals surface area (Å²) in [5.74, 6) is 1.34. The molecule has 0 bridgehead atoms. The van der Waals surface area contributed by atoms with Crippen molar-refractivity contribution in [3.05, 3.63) is 17.5 Å². The summed E-state index contributed by atoms with van der Waals surface area (Å²) in [7, 11) is 0. The van der Waals surface area contributed by atoms with E-state index in [0.717, 1.165) is 12.5 Å². The highest BCUT2D eigenvalue weighted by atomic mass is 15.3. The molecule has 0 aliphatic carbocycles. The molecule has 14 heavy (non-hydrogen) atoms. The minimum Gasteiger partial charge on any atom is -0.270 e. The molecule has 80 valence electrons. The molecule has 0 fully saturated rings. The molecule has 1 aromatic rings. The summed E-state index contributed by atoms with van der Waals surface area (Å²) in [6.45, 7) is 12.2. The molecule has 0 aromatic carbocycles. The maximum absolute atomic E-state index is 4.43. The van der Waals surface area contributed by atoms with E-state index in [1.54, 1.807) is 0 Å². The van der Waals surface area contributed by atoms with Crippen LogP contribution in [0.15, 0.2) is 6.20 Å². The van der Waals surface area contributed by atoms with Crippen LogP contribution in [0.5, 0.6) is 0 Å². The summed E-state index contributed by atoms with van der Waals surface area (Å²) in [5.41, 5.74) is 2.72. The summed E-state index contributed by atoms with van der Waals surface area (Å²) in [6.07, 6.45) is 3.22. The molecule has 2 heteroatoms. The van der Waals surface area contributed by atoms with Crippen molar-refractivity contribution < 1.29 is 0 Å². The average Bonchev–Trinajstić information content (AvgIpc) is 2.43. The van der Waals surface area contributed by atoms with E-state index in [-0.39, 0.29) is 0 Å². The van der Waals surface area contributed by atoms with Crippen LogP contribution in [0, 0.1) is 12.8 Å². The monoisotopic (exact) mass is 194 g/mol. The zero-order valence-electron chi connectivity index (χ0n) is 10.0. The highest BCUT2D eigenvalue weighted by molar-refractivity contribution is 5.19. The summed E-state index contributed by atoms with van der Waals surface area (Å²) < 4.78 is 2.13. The van der Waals surface area contributed by atoms with Crippen LogP contribution < -0.4 is 0 Å². The molecule has 0 saturated heterocycles. The third kappa shape index (κ3) is 2.60. The van der Waals surface area contributed by atoms with Gasteiger partial charge in [-0.2, -0.15) is 5.10 Å². The van der Waals surface area contributed by atoms with E-state index in [0.29, 0.717) is 5.92 Å². The van der Waals surface area contributed by atoms with E-state index in [2.05, 4.69) is 44.4 Å². The van der Waals surface area contributed by atoms with Gasteiger partial charge in [0.15, 0.2) is 0 Å². The minimum atomic E-state index is 0.586. The van der Waals surface area contributed by atoms with Crippen LogP contribution in [0.4, 0.5) is 0 Å². The van der Waals surface area contributed by atoms with Crippen molar-refractivity contribution in [2.24, 2.45) is 5.92 Å². The van der Waals surface area contributed by atoms with Crippen molar-refractivity contribution in [1.29, 1.82) is 0 Å². The van der Waals surface area contributed by atoms with Gasteiger partial charge in [0.1, 0.15) is 0 Å². The number of hydrogen-bond donors (Lipinski definition) is 0. The van der Waals surface area contributed by atoms with Gasteiger partial charge in [-0.15, -0.1) is 0 Å². The van der Waals surface area contributed by atoms with E-state index in [1.165, 1.54) is 17.7 Å². The van der Waals surface area contributed by atoms with Crippen molar-refractivity contribution >= 4 is 0 Å². The highest BCUT2D eigenvalue weighted by Crippen LogP contribution is 2.18. The first kappa shape index (κ1) is 11.3. The lowest BCUT2D eigenvalue weighted by molar-refractivity contribution is 0.480. The second-order valence-electron chi connectivity index (χ2n) is 4.75.